The lowest BCUT2D eigenvalue weighted by atomic mass is 9.79. The first-order chi connectivity index (χ1) is 10.2. The maximum absolute atomic E-state index is 5.97. The molecule has 0 aliphatic carbocycles. The zero-order valence-corrected chi connectivity index (χ0v) is 13.4. The van der Waals surface area contributed by atoms with Crippen LogP contribution in [0.25, 0.3) is 0 Å². The predicted molar refractivity (Wildman–Crippen MR) is 85.4 cm³/mol. The van der Waals surface area contributed by atoms with Crippen molar-refractivity contribution in [1.82, 2.24) is 5.32 Å². The van der Waals surface area contributed by atoms with E-state index in [9.17, 15) is 0 Å². The molecule has 0 aromatic heterocycles. The molecule has 0 saturated carbocycles. The maximum Gasteiger partial charge on any atom is 0.123 e. The fraction of sp³-hybridized carbons (Fsp3) is 0.667. The number of fused-ring (bicyclic) bond motifs is 1. The van der Waals surface area contributed by atoms with Gasteiger partial charge in [-0.15, -0.1) is 0 Å². The number of benzene rings is 1. The summed E-state index contributed by atoms with van der Waals surface area (Å²) in [5.74, 6) is 3.44. The Labute approximate surface area is 128 Å². The van der Waals surface area contributed by atoms with Gasteiger partial charge in [0.2, 0.25) is 0 Å². The molecule has 3 nitrogen and oxygen atoms in total. The Morgan fingerprint density at radius 2 is 2.19 bits per heavy atom. The first-order valence-corrected chi connectivity index (χ1v) is 8.39. The summed E-state index contributed by atoms with van der Waals surface area (Å²) in [7, 11) is 0. The minimum absolute atomic E-state index is 0.291. The van der Waals surface area contributed by atoms with Crippen molar-refractivity contribution >= 4 is 0 Å². The highest BCUT2D eigenvalue weighted by atomic mass is 16.5. The van der Waals surface area contributed by atoms with Crippen molar-refractivity contribution in [3.8, 4) is 11.5 Å². The van der Waals surface area contributed by atoms with E-state index in [0.29, 0.717) is 17.9 Å². The van der Waals surface area contributed by atoms with Crippen LogP contribution in [-0.2, 0) is 6.42 Å². The molecule has 2 aliphatic heterocycles. The van der Waals surface area contributed by atoms with E-state index in [1.807, 2.05) is 0 Å². The molecule has 1 fully saturated rings. The van der Waals surface area contributed by atoms with Gasteiger partial charge in [0.1, 0.15) is 17.6 Å². The summed E-state index contributed by atoms with van der Waals surface area (Å²) in [5, 5.41) is 3.52. The summed E-state index contributed by atoms with van der Waals surface area (Å²) >= 11 is 0. The largest absolute Gasteiger partial charge is 0.494 e. The van der Waals surface area contributed by atoms with Gasteiger partial charge in [-0.25, -0.2) is 0 Å². The Hall–Kier alpha value is -1.22. The number of rotatable bonds is 4. The number of ether oxygens (including phenoxy) is 2. The molecule has 3 rings (SSSR count). The van der Waals surface area contributed by atoms with Crippen LogP contribution in [0.2, 0.25) is 0 Å². The Morgan fingerprint density at radius 3 is 2.95 bits per heavy atom. The molecule has 0 bridgehead atoms. The second kappa shape index (κ2) is 6.27. The van der Waals surface area contributed by atoms with Crippen molar-refractivity contribution in [2.45, 2.75) is 52.1 Å². The lowest BCUT2D eigenvalue weighted by Gasteiger charge is -2.33. The molecule has 1 saturated heterocycles. The second-order valence-corrected chi connectivity index (χ2v) is 6.33. The maximum atomic E-state index is 5.97. The Bertz CT molecular complexity index is 500. The molecule has 3 heteroatoms. The number of hydrogen-bond donors (Lipinski definition) is 1. The first kappa shape index (κ1) is 14.7. The smallest absolute Gasteiger partial charge is 0.123 e. The predicted octanol–water partition coefficient (Wildman–Crippen LogP) is 3.51. The Morgan fingerprint density at radius 1 is 1.33 bits per heavy atom. The van der Waals surface area contributed by atoms with Gasteiger partial charge < -0.3 is 14.8 Å². The lowest BCUT2D eigenvalue weighted by molar-refractivity contribution is 0.253. The van der Waals surface area contributed by atoms with E-state index in [2.05, 4.69) is 38.2 Å². The third-order valence-corrected chi connectivity index (χ3v) is 4.86. The van der Waals surface area contributed by atoms with Crippen molar-refractivity contribution in [3.63, 3.8) is 0 Å². The molecule has 2 heterocycles. The molecule has 0 radical (unpaired) electrons. The van der Waals surface area contributed by atoms with Gasteiger partial charge in [0.15, 0.2) is 0 Å². The van der Waals surface area contributed by atoms with Crippen LogP contribution in [0.5, 0.6) is 11.5 Å². The van der Waals surface area contributed by atoms with Crippen molar-refractivity contribution in [3.05, 3.63) is 23.3 Å². The average Bonchev–Trinajstić information content (AvgIpc) is 2.86. The molecule has 1 N–H and O–H groups in total. The molecular formula is C18H27NO2. The standard InChI is InChI=1S/C18H27NO2/c1-4-13-11-19-7-6-15(13)16-10-17-14(8-12(3)21-17)9-18(16)20-5-2/h9-10,12-13,15,19H,4-8,11H2,1-3H3. The van der Waals surface area contributed by atoms with Gasteiger partial charge in [-0.3, -0.25) is 0 Å². The fourth-order valence-corrected chi connectivity index (χ4v) is 3.79. The molecular weight excluding hydrogens is 262 g/mol. The summed E-state index contributed by atoms with van der Waals surface area (Å²) in [6.45, 7) is 9.43. The van der Waals surface area contributed by atoms with E-state index in [1.165, 1.54) is 24.0 Å². The third-order valence-electron chi connectivity index (χ3n) is 4.86. The van der Waals surface area contributed by atoms with E-state index in [4.69, 9.17) is 9.47 Å². The third kappa shape index (κ3) is 2.89. The van der Waals surface area contributed by atoms with E-state index >= 15 is 0 Å². The quantitative estimate of drug-likeness (QED) is 0.920. The average molecular weight is 289 g/mol. The highest BCUT2D eigenvalue weighted by Gasteiger charge is 2.30. The zero-order chi connectivity index (χ0) is 14.8. The van der Waals surface area contributed by atoms with Gasteiger partial charge in [-0.05, 0) is 57.3 Å². The summed E-state index contributed by atoms with van der Waals surface area (Å²) in [5.41, 5.74) is 2.66. The summed E-state index contributed by atoms with van der Waals surface area (Å²) < 4.78 is 11.9. The minimum atomic E-state index is 0.291. The van der Waals surface area contributed by atoms with Crippen molar-refractivity contribution in [1.29, 1.82) is 0 Å². The van der Waals surface area contributed by atoms with Crippen LogP contribution in [0.4, 0.5) is 0 Å². The molecule has 3 atom stereocenters. The minimum Gasteiger partial charge on any atom is -0.494 e. The lowest BCUT2D eigenvalue weighted by Crippen LogP contribution is -2.35. The second-order valence-electron chi connectivity index (χ2n) is 6.33. The first-order valence-electron chi connectivity index (χ1n) is 8.39. The fourth-order valence-electron chi connectivity index (χ4n) is 3.79. The highest BCUT2D eigenvalue weighted by Crippen LogP contribution is 2.43. The van der Waals surface area contributed by atoms with E-state index in [-0.39, 0.29) is 0 Å². The van der Waals surface area contributed by atoms with E-state index in [1.54, 1.807) is 0 Å². The van der Waals surface area contributed by atoms with E-state index in [0.717, 1.165) is 37.6 Å². The molecule has 0 spiro atoms. The zero-order valence-electron chi connectivity index (χ0n) is 13.4. The topological polar surface area (TPSA) is 30.5 Å². The molecule has 0 amide bonds. The SMILES string of the molecule is CCOc1cc2c(cc1C1CCNCC1CC)OC(C)C2. The monoisotopic (exact) mass is 289 g/mol. The Balaban J connectivity index is 1.97. The summed E-state index contributed by atoms with van der Waals surface area (Å²) in [4.78, 5) is 0. The normalized spacial score (nSPS) is 28.0. The molecule has 1 aromatic rings. The van der Waals surface area contributed by atoms with Crippen molar-refractivity contribution < 1.29 is 9.47 Å². The van der Waals surface area contributed by atoms with E-state index < -0.39 is 0 Å². The van der Waals surface area contributed by atoms with Gasteiger partial charge in [-0.1, -0.05) is 13.3 Å². The molecule has 116 valence electrons. The van der Waals surface area contributed by atoms with Crippen LogP contribution in [0.3, 0.4) is 0 Å². The van der Waals surface area contributed by atoms with Gasteiger partial charge in [0.05, 0.1) is 6.61 Å². The summed E-state index contributed by atoms with van der Waals surface area (Å²) in [6.07, 6.45) is 3.68. The van der Waals surface area contributed by atoms with Crippen LogP contribution in [-0.4, -0.2) is 25.8 Å². The number of hydrogen-bond acceptors (Lipinski definition) is 3. The van der Waals surface area contributed by atoms with Gasteiger partial charge in [0, 0.05) is 17.5 Å². The number of nitrogens with one attached hydrogen (secondary N) is 1. The molecule has 2 aliphatic rings. The molecule has 1 aromatic carbocycles. The Kier molecular flexibility index (Phi) is 4.39. The van der Waals surface area contributed by atoms with Crippen molar-refractivity contribution in [2.24, 2.45) is 5.92 Å². The van der Waals surface area contributed by atoms with Gasteiger partial charge in [0.25, 0.3) is 0 Å². The van der Waals surface area contributed by atoms with Crippen molar-refractivity contribution in [2.75, 3.05) is 19.7 Å². The van der Waals surface area contributed by atoms with Crippen LogP contribution in [0.15, 0.2) is 12.1 Å². The van der Waals surface area contributed by atoms with Crippen LogP contribution >= 0.6 is 0 Å². The highest BCUT2D eigenvalue weighted by molar-refractivity contribution is 5.50. The van der Waals surface area contributed by atoms with Gasteiger partial charge >= 0.3 is 0 Å². The van der Waals surface area contributed by atoms with Gasteiger partial charge in [-0.2, -0.15) is 0 Å². The van der Waals surface area contributed by atoms with Crippen LogP contribution in [0.1, 0.15) is 50.7 Å². The number of piperidine rings is 1. The molecule has 21 heavy (non-hydrogen) atoms. The summed E-state index contributed by atoms with van der Waals surface area (Å²) in [6, 6.07) is 4.49. The van der Waals surface area contributed by atoms with Crippen LogP contribution in [0, 0.1) is 5.92 Å². The van der Waals surface area contributed by atoms with Crippen LogP contribution < -0.4 is 14.8 Å². The molecule has 3 unspecified atom stereocenters.